The maximum atomic E-state index is 11.8. The largest absolute Gasteiger partial charge is 0.493 e. The Bertz CT molecular complexity index is 1820. The molecular formula is C33H34N2O13. The van der Waals surface area contributed by atoms with E-state index in [9.17, 15) is 24.9 Å². The highest BCUT2D eigenvalue weighted by molar-refractivity contribution is 5.90. The van der Waals surface area contributed by atoms with E-state index in [1.807, 2.05) is 41.4 Å². The lowest BCUT2D eigenvalue weighted by molar-refractivity contribution is -0.278. The average Bonchev–Trinajstić information content (AvgIpc) is 3.77. The third-order valence-corrected chi connectivity index (χ3v) is 8.83. The molecule has 254 valence electrons. The first-order valence-corrected chi connectivity index (χ1v) is 15.2. The maximum absolute atomic E-state index is 11.8. The fraction of sp³-hybridized carbons (Fsp3) is 0.394. The number of aromatic amines is 1. The Balaban J connectivity index is 1.21. The van der Waals surface area contributed by atoms with Gasteiger partial charge in [-0.15, -0.1) is 0 Å². The third kappa shape index (κ3) is 5.64. The molecule has 0 saturated carbocycles. The van der Waals surface area contributed by atoms with Crippen LogP contribution in [0.25, 0.3) is 10.9 Å². The monoisotopic (exact) mass is 666 g/mol. The number of aliphatic hydroxyl groups excluding tert-OH is 3. The number of ether oxygens (including phenoxy) is 7. The van der Waals surface area contributed by atoms with Gasteiger partial charge in [0.1, 0.15) is 55.0 Å². The Morgan fingerprint density at radius 2 is 1.88 bits per heavy atom. The number of nitrogens with zero attached hydrogens (tertiary/aromatic N) is 1. The van der Waals surface area contributed by atoms with Gasteiger partial charge in [0.05, 0.1) is 32.3 Å². The quantitative estimate of drug-likeness (QED) is 0.121. The Labute approximate surface area is 273 Å². The summed E-state index contributed by atoms with van der Waals surface area (Å²) >= 11 is 0. The molecule has 0 aliphatic carbocycles. The fourth-order valence-corrected chi connectivity index (χ4v) is 6.54. The molecule has 48 heavy (non-hydrogen) atoms. The molecule has 2 aromatic heterocycles. The van der Waals surface area contributed by atoms with Gasteiger partial charge in [-0.05, 0) is 23.8 Å². The van der Waals surface area contributed by atoms with Crippen molar-refractivity contribution in [2.75, 3.05) is 27.4 Å². The van der Waals surface area contributed by atoms with Gasteiger partial charge in [-0.25, -0.2) is 0 Å². The van der Waals surface area contributed by atoms with Gasteiger partial charge >= 0.3 is 11.9 Å². The SMILES string of the molecule is COc1ccc2c(c1OC)O[C@H]1c3c(Cn4cc5cc[nH]c5c4)cc(O[C@@H]4O[C@H](COC(=O)CC(=O)O)[C@@H](O)[C@H](O)[C@H]4O)cc3OC[C@@H]21. The van der Waals surface area contributed by atoms with Gasteiger partial charge in [0.25, 0.3) is 0 Å². The lowest BCUT2D eigenvalue weighted by Gasteiger charge is -2.40. The second kappa shape index (κ2) is 12.6. The predicted molar refractivity (Wildman–Crippen MR) is 164 cm³/mol. The molecule has 7 atom stereocenters. The number of carboxylic acids is 1. The number of aliphatic carboxylic acids is 1. The number of hydrogen-bond donors (Lipinski definition) is 5. The lowest BCUT2D eigenvalue weighted by atomic mass is 9.86. The molecule has 7 rings (SSSR count). The number of fused-ring (bicyclic) bond motifs is 6. The van der Waals surface area contributed by atoms with Crippen LogP contribution in [-0.2, 0) is 25.6 Å². The summed E-state index contributed by atoms with van der Waals surface area (Å²) in [6.45, 7) is 0.0879. The summed E-state index contributed by atoms with van der Waals surface area (Å²) in [6.07, 6.45) is -3.38. The number of carboxylic acid groups (broad SMARTS) is 1. The minimum absolute atomic E-state index is 0.151. The van der Waals surface area contributed by atoms with Crippen molar-refractivity contribution in [2.45, 2.75) is 55.7 Å². The number of aliphatic hydroxyl groups is 3. The molecule has 0 unspecified atom stereocenters. The molecule has 1 saturated heterocycles. The van der Waals surface area contributed by atoms with Crippen LogP contribution in [0, 0.1) is 0 Å². The summed E-state index contributed by atoms with van der Waals surface area (Å²) < 4.78 is 42.8. The summed E-state index contributed by atoms with van der Waals surface area (Å²) in [5.41, 5.74) is 3.44. The second-order valence-electron chi connectivity index (χ2n) is 11.8. The van der Waals surface area contributed by atoms with Gasteiger partial charge in [0, 0.05) is 47.7 Å². The summed E-state index contributed by atoms with van der Waals surface area (Å²) in [4.78, 5) is 25.8. The van der Waals surface area contributed by atoms with Gasteiger partial charge in [0.2, 0.25) is 12.0 Å². The fourth-order valence-electron chi connectivity index (χ4n) is 6.54. The molecule has 4 aromatic rings. The highest BCUT2D eigenvalue weighted by Gasteiger charge is 2.47. The number of methoxy groups -OCH3 is 2. The van der Waals surface area contributed by atoms with Crippen LogP contribution < -0.4 is 23.7 Å². The van der Waals surface area contributed by atoms with Crippen molar-refractivity contribution in [3.05, 3.63) is 65.6 Å². The van der Waals surface area contributed by atoms with E-state index in [0.717, 1.165) is 27.6 Å². The number of carbonyl (C=O) groups excluding carboxylic acids is 1. The first kappa shape index (κ1) is 31.6. The number of aromatic nitrogens is 2. The van der Waals surface area contributed by atoms with Gasteiger partial charge in [-0.1, -0.05) is 6.07 Å². The maximum Gasteiger partial charge on any atom is 0.317 e. The minimum atomic E-state index is -1.72. The van der Waals surface area contributed by atoms with E-state index in [-0.39, 0.29) is 18.3 Å². The van der Waals surface area contributed by atoms with Crippen molar-refractivity contribution >= 4 is 22.8 Å². The van der Waals surface area contributed by atoms with Crippen LogP contribution >= 0.6 is 0 Å². The normalized spacial score (nSPS) is 25.6. The van der Waals surface area contributed by atoms with Crippen molar-refractivity contribution < 1.29 is 63.2 Å². The van der Waals surface area contributed by atoms with Gasteiger partial charge < -0.3 is 63.1 Å². The van der Waals surface area contributed by atoms with E-state index in [1.54, 1.807) is 26.4 Å². The molecule has 0 bridgehead atoms. The smallest absolute Gasteiger partial charge is 0.317 e. The number of esters is 1. The Hall–Kier alpha value is -4.96. The second-order valence-corrected chi connectivity index (χ2v) is 11.8. The third-order valence-electron chi connectivity index (χ3n) is 8.83. The molecule has 2 aromatic carbocycles. The summed E-state index contributed by atoms with van der Waals surface area (Å²) in [6, 6.07) is 9.14. The van der Waals surface area contributed by atoms with Gasteiger partial charge in [-0.2, -0.15) is 0 Å². The Morgan fingerprint density at radius 3 is 2.62 bits per heavy atom. The first-order chi connectivity index (χ1) is 23.1. The van der Waals surface area contributed by atoms with Crippen molar-refractivity contribution in [3.63, 3.8) is 0 Å². The molecule has 15 heteroatoms. The average molecular weight is 667 g/mol. The van der Waals surface area contributed by atoms with Gasteiger partial charge in [-0.3, -0.25) is 9.59 Å². The zero-order chi connectivity index (χ0) is 33.7. The van der Waals surface area contributed by atoms with Crippen molar-refractivity contribution in [1.29, 1.82) is 0 Å². The zero-order valence-corrected chi connectivity index (χ0v) is 25.9. The van der Waals surface area contributed by atoms with Crippen LogP contribution in [0.3, 0.4) is 0 Å². The van der Waals surface area contributed by atoms with Crippen molar-refractivity contribution in [1.82, 2.24) is 9.55 Å². The first-order valence-electron chi connectivity index (χ1n) is 15.2. The molecule has 3 aliphatic rings. The van der Waals surface area contributed by atoms with Gasteiger partial charge in [0.15, 0.2) is 11.5 Å². The zero-order valence-electron chi connectivity index (χ0n) is 25.9. The summed E-state index contributed by atoms with van der Waals surface area (Å²) in [7, 11) is 3.11. The van der Waals surface area contributed by atoms with Crippen LogP contribution in [-0.4, -0.2) is 100 Å². The summed E-state index contributed by atoms with van der Waals surface area (Å²) in [5, 5.41) is 41.7. The number of carbonyl (C=O) groups is 2. The van der Waals surface area contributed by atoms with Crippen LogP contribution in [0.15, 0.2) is 48.9 Å². The van der Waals surface area contributed by atoms with Crippen molar-refractivity contribution in [2.24, 2.45) is 0 Å². The highest BCUT2D eigenvalue weighted by atomic mass is 16.7. The van der Waals surface area contributed by atoms with Crippen molar-refractivity contribution in [3.8, 4) is 28.7 Å². The number of nitrogens with one attached hydrogen (secondary N) is 1. The number of rotatable bonds is 10. The van der Waals surface area contributed by atoms with Crippen LogP contribution in [0.5, 0.6) is 28.7 Å². The Morgan fingerprint density at radius 1 is 1.04 bits per heavy atom. The molecule has 0 radical (unpaired) electrons. The van der Waals surface area contributed by atoms with E-state index in [4.69, 9.17) is 38.3 Å². The molecule has 5 N–H and O–H groups in total. The minimum Gasteiger partial charge on any atom is -0.493 e. The molecule has 3 aliphatic heterocycles. The molecule has 1 fully saturated rings. The van der Waals surface area contributed by atoms with Crippen LogP contribution in [0.4, 0.5) is 0 Å². The Kier molecular flexibility index (Phi) is 8.29. The van der Waals surface area contributed by atoms with E-state index in [0.29, 0.717) is 29.5 Å². The molecule has 0 amide bonds. The topological polar surface area (TPSA) is 200 Å². The lowest BCUT2D eigenvalue weighted by Crippen LogP contribution is -2.60. The van der Waals surface area contributed by atoms with E-state index in [2.05, 4.69) is 4.98 Å². The molecular weight excluding hydrogens is 632 g/mol. The van der Waals surface area contributed by atoms with Crippen LogP contribution in [0.1, 0.15) is 35.1 Å². The van der Waals surface area contributed by atoms with Crippen LogP contribution in [0.2, 0.25) is 0 Å². The predicted octanol–water partition coefficient (Wildman–Crippen LogP) is 1.85. The molecule has 0 spiro atoms. The highest BCUT2D eigenvalue weighted by Crippen LogP contribution is 2.57. The molecule has 5 heterocycles. The molecule has 15 nitrogen and oxygen atoms in total. The number of hydrogen-bond acceptors (Lipinski definition) is 12. The number of H-pyrrole nitrogens is 1. The number of benzene rings is 2. The summed E-state index contributed by atoms with van der Waals surface area (Å²) in [5.74, 6) is -0.293. The van der Waals surface area contributed by atoms with E-state index >= 15 is 0 Å². The standard InChI is InChI=1S/C33H34N2O13/c1-42-21-4-3-18-19-13-44-22-8-17(46-33-29(41)28(40)27(39)23(47-33)14-45-25(38)9-24(36)37)7-16(11-35-10-15-5-6-34-20(15)12-35)26(22)30(19)48-31(18)32(21)43-2/h3-8,10,12,19,23,27-30,33-34,39-41H,9,11,13-14H2,1-2H3,(H,36,37)/t19-,23+,27+,28-,29+,30+,33+/m0/s1. The van der Waals surface area contributed by atoms with E-state index < -0.39 is 61.8 Å². The van der Waals surface area contributed by atoms with E-state index in [1.165, 1.54) is 0 Å².